The Balaban J connectivity index is 1.61. The van der Waals surface area contributed by atoms with E-state index in [9.17, 15) is 8.42 Å². The van der Waals surface area contributed by atoms with Crippen molar-refractivity contribution in [3.05, 3.63) is 35.5 Å². The van der Waals surface area contributed by atoms with Crippen molar-refractivity contribution in [2.45, 2.75) is 61.4 Å². The highest BCUT2D eigenvalue weighted by Gasteiger charge is 2.48. The maximum atomic E-state index is 13.1. The number of thiophene rings is 1. The summed E-state index contributed by atoms with van der Waals surface area (Å²) in [7, 11) is -3.36. The van der Waals surface area contributed by atoms with Gasteiger partial charge in [-0.25, -0.2) is 8.42 Å². The first kappa shape index (κ1) is 15.4. The highest BCUT2D eigenvalue weighted by molar-refractivity contribution is 7.91. The second-order valence-corrected chi connectivity index (χ2v) is 9.64. The van der Waals surface area contributed by atoms with Crippen LogP contribution in [0.5, 0.6) is 0 Å². The van der Waals surface area contributed by atoms with E-state index in [0.717, 1.165) is 37.0 Å². The Morgan fingerprint density at radius 3 is 2.52 bits per heavy atom. The van der Waals surface area contributed by atoms with E-state index in [-0.39, 0.29) is 12.1 Å². The molecule has 5 nitrogen and oxygen atoms in total. The van der Waals surface area contributed by atoms with Crippen LogP contribution in [0.15, 0.2) is 34.8 Å². The van der Waals surface area contributed by atoms with Gasteiger partial charge in [-0.3, -0.25) is 4.68 Å². The number of fused-ring (bicyclic) bond motifs is 2. The third-order valence-corrected chi connectivity index (χ3v) is 8.76. The van der Waals surface area contributed by atoms with Gasteiger partial charge in [0.2, 0.25) is 0 Å². The molecule has 0 aromatic carbocycles. The standard InChI is InChI=1S/C16H21N3O2S2/c1-2-15-6-7-16(22-15)23(20,21)19-12-4-5-13(19)11-14(10-12)18-9-3-8-17-18/h3,6-9,12-14H,2,4-5,10-11H2,1H3. The summed E-state index contributed by atoms with van der Waals surface area (Å²) in [5.41, 5.74) is 0. The smallest absolute Gasteiger partial charge is 0.253 e. The first-order valence-corrected chi connectivity index (χ1v) is 10.5. The molecule has 2 aromatic rings. The topological polar surface area (TPSA) is 55.2 Å². The molecule has 0 amide bonds. The normalized spacial score (nSPS) is 28.3. The lowest BCUT2D eigenvalue weighted by Gasteiger charge is -2.37. The molecule has 0 N–H and O–H groups in total. The lowest BCUT2D eigenvalue weighted by molar-refractivity contribution is 0.185. The molecule has 124 valence electrons. The van der Waals surface area contributed by atoms with Crippen LogP contribution >= 0.6 is 11.3 Å². The predicted octanol–water partition coefficient (Wildman–Crippen LogP) is 3.06. The van der Waals surface area contributed by atoms with E-state index in [0.29, 0.717) is 10.3 Å². The molecule has 0 radical (unpaired) electrons. The minimum Gasteiger partial charge on any atom is -0.270 e. The molecule has 2 atom stereocenters. The third-order valence-electron chi connectivity index (χ3n) is 5.06. The van der Waals surface area contributed by atoms with Crippen molar-refractivity contribution >= 4 is 21.4 Å². The largest absolute Gasteiger partial charge is 0.270 e. The van der Waals surface area contributed by atoms with Crippen LogP contribution in [0.2, 0.25) is 0 Å². The molecule has 0 spiro atoms. The molecule has 0 aliphatic carbocycles. The summed E-state index contributed by atoms with van der Waals surface area (Å²) in [6.45, 7) is 2.06. The van der Waals surface area contributed by atoms with Gasteiger partial charge in [-0.15, -0.1) is 11.3 Å². The summed E-state index contributed by atoms with van der Waals surface area (Å²) >= 11 is 1.42. The zero-order valence-corrected chi connectivity index (χ0v) is 14.8. The second-order valence-electron chi connectivity index (χ2n) is 6.41. The van der Waals surface area contributed by atoms with E-state index in [2.05, 4.69) is 12.0 Å². The van der Waals surface area contributed by atoms with Crippen LogP contribution in [-0.2, 0) is 16.4 Å². The minimum atomic E-state index is -3.36. The Hall–Kier alpha value is -1.18. The van der Waals surface area contributed by atoms with Crippen LogP contribution in [0.4, 0.5) is 0 Å². The van der Waals surface area contributed by atoms with Gasteiger partial charge < -0.3 is 0 Å². The van der Waals surface area contributed by atoms with Gasteiger partial charge in [-0.1, -0.05) is 6.92 Å². The van der Waals surface area contributed by atoms with E-state index in [1.165, 1.54) is 11.3 Å². The predicted molar refractivity (Wildman–Crippen MR) is 90.0 cm³/mol. The van der Waals surface area contributed by atoms with Gasteiger partial charge in [0, 0.05) is 29.4 Å². The molecule has 7 heteroatoms. The first-order valence-electron chi connectivity index (χ1n) is 8.21. The Morgan fingerprint density at radius 2 is 1.96 bits per heavy atom. The van der Waals surface area contributed by atoms with Crippen molar-refractivity contribution in [1.82, 2.24) is 14.1 Å². The van der Waals surface area contributed by atoms with Crippen molar-refractivity contribution in [3.8, 4) is 0 Å². The second kappa shape index (κ2) is 5.72. The number of hydrogen-bond acceptors (Lipinski definition) is 4. The van der Waals surface area contributed by atoms with E-state index in [1.54, 1.807) is 16.6 Å². The minimum absolute atomic E-state index is 0.111. The molecule has 4 heterocycles. The maximum absolute atomic E-state index is 13.1. The Labute approximate surface area is 141 Å². The molecule has 2 aliphatic heterocycles. The van der Waals surface area contributed by atoms with E-state index in [4.69, 9.17) is 0 Å². The van der Waals surface area contributed by atoms with Crippen LogP contribution < -0.4 is 0 Å². The molecule has 0 saturated carbocycles. The van der Waals surface area contributed by atoms with Crippen LogP contribution in [-0.4, -0.2) is 34.6 Å². The Bertz CT molecular complexity index is 768. The van der Waals surface area contributed by atoms with Crippen LogP contribution in [0.1, 0.15) is 43.5 Å². The van der Waals surface area contributed by atoms with Gasteiger partial charge in [-0.05, 0) is 50.3 Å². The fourth-order valence-corrected chi connectivity index (χ4v) is 7.29. The molecule has 2 aromatic heterocycles. The maximum Gasteiger partial charge on any atom is 0.253 e. The van der Waals surface area contributed by atoms with Gasteiger partial charge in [0.15, 0.2) is 0 Å². The zero-order valence-electron chi connectivity index (χ0n) is 13.1. The third kappa shape index (κ3) is 2.55. The van der Waals surface area contributed by atoms with Gasteiger partial charge in [-0.2, -0.15) is 9.40 Å². The summed E-state index contributed by atoms with van der Waals surface area (Å²) in [4.78, 5) is 1.13. The van der Waals surface area contributed by atoms with Gasteiger partial charge in [0.1, 0.15) is 4.21 Å². The molecule has 2 aliphatic rings. The van der Waals surface area contributed by atoms with Crippen LogP contribution in [0.25, 0.3) is 0 Å². The number of piperidine rings is 1. The Morgan fingerprint density at radius 1 is 1.22 bits per heavy atom. The monoisotopic (exact) mass is 351 g/mol. The Kier molecular flexibility index (Phi) is 3.82. The van der Waals surface area contributed by atoms with Crippen molar-refractivity contribution in [2.24, 2.45) is 0 Å². The molecular formula is C16H21N3O2S2. The summed E-state index contributed by atoms with van der Waals surface area (Å²) in [6.07, 6.45) is 8.33. The highest BCUT2D eigenvalue weighted by Crippen LogP contribution is 2.44. The molecule has 2 saturated heterocycles. The van der Waals surface area contributed by atoms with Crippen molar-refractivity contribution in [1.29, 1.82) is 0 Å². The quantitative estimate of drug-likeness (QED) is 0.851. The number of aryl methyl sites for hydroxylation is 1. The number of sulfonamides is 1. The zero-order chi connectivity index (χ0) is 16.0. The average Bonchev–Trinajstić information content (AvgIpc) is 3.26. The number of hydrogen-bond donors (Lipinski definition) is 0. The van der Waals surface area contributed by atoms with Crippen molar-refractivity contribution in [2.75, 3.05) is 0 Å². The highest BCUT2D eigenvalue weighted by atomic mass is 32.2. The number of aromatic nitrogens is 2. The van der Waals surface area contributed by atoms with E-state index in [1.807, 2.05) is 23.0 Å². The molecule has 2 bridgehead atoms. The summed E-state index contributed by atoms with van der Waals surface area (Å²) in [5, 5.41) is 4.35. The molecule has 4 rings (SSSR count). The summed E-state index contributed by atoms with van der Waals surface area (Å²) < 4.78 is 30.5. The van der Waals surface area contributed by atoms with Gasteiger partial charge in [0.05, 0.1) is 6.04 Å². The van der Waals surface area contributed by atoms with E-state index >= 15 is 0 Å². The fraction of sp³-hybridized carbons (Fsp3) is 0.562. The molecule has 23 heavy (non-hydrogen) atoms. The fourth-order valence-electron chi connectivity index (χ4n) is 4.00. The van der Waals surface area contributed by atoms with Crippen LogP contribution in [0, 0.1) is 0 Å². The summed E-state index contributed by atoms with van der Waals surface area (Å²) in [6, 6.07) is 6.19. The average molecular weight is 351 g/mol. The lowest BCUT2D eigenvalue weighted by atomic mass is 10.00. The van der Waals surface area contributed by atoms with Crippen LogP contribution in [0.3, 0.4) is 0 Å². The van der Waals surface area contributed by atoms with Gasteiger partial charge in [0.25, 0.3) is 10.0 Å². The lowest BCUT2D eigenvalue weighted by Crippen LogP contribution is -2.46. The van der Waals surface area contributed by atoms with Crippen molar-refractivity contribution in [3.63, 3.8) is 0 Å². The van der Waals surface area contributed by atoms with Crippen molar-refractivity contribution < 1.29 is 8.42 Å². The summed E-state index contributed by atoms with van der Waals surface area (Å²) in [5.74, 6) is 0. The van der Waals surface area contributed by atoms with E-state index < -0.39 is 10.0 Å². The molecule has 2 unspecified atom stereocenters. The number of nitrogens with zero attached hydrogens (tertiary/aromatic N) is 3. The molecule has 2 fully saturated rings. The van der Waals surface area contributed by atoms with Gasteiger partial charge >= 0.3 is 0 Å². The SMILES string of the molecule is CCc1ccc(S(=O)(=O)N2C3CCC2CC(n2cccn2)C3)s1. The molecular weight excluding hydrogens is 330 g/mol. The number of rotatable bonds is 4. The first-order chi connectivity index (χ1) is 11.1.